The first-order chi connectivity index (χ1) is 23.2. The van der Waals surface area contributed by atoms with Crippen LogP contribution in [0.25, 0.3) is 10.9 Å². The molecule has 0 bridgehead atoms. The summed E-state index contributed by atoms with van der Waals surface area (Å²) in [5, 5.41) is 12.1. The molecule has 2 aromatic carbocycles. The van der Waals surface area contributed by atoms with E-state index in [1.807, 2.05) is 24.3 Å². The Morgan fingerprint density at radius 3 is 2.44 bits per heavy atom. The number of ether oxygens (including phenoxy) is 1. The van der Waals surface area contributed by atoms with Gasteiger partial charge in [-0.2, -0.15) is 4.98 Å². The van der Waals surface area contributed by atoms with Crippen molar-refractivity contribution in [3.63, 3.8) is 0 Å². The van der Waals surface area contributed by atoms with Crippen molar-refractivity contribution in [1.29, 1.82) is 0 Å². The number of benzene rings is 2. The number of hydrogen-bond acceptors (Lipinski definition) is 10. The van der Waals surface area contributed by atoms with Gasteiger partial charge in [0.2, 0.25) is 5.95 Å². The van der Waals surface area contributed by atoms with Crippen LogP contribution in [0.1, 0.15) is 49.8 Å². The molecule has 12 heteroatoms. The standard InChI is InChI=1S/C36H46BrN8O2P/c1-5-24-8-9-26-29(40-24)10-11-30(34(26)48(3,4)46)41-35-28(37)22-39-36(43-35)42-31-20-27(23-6-7-23)32(21-33(31)47-2)45-16-12-25(13-17-45)44-18-14-38-15-19-44/h8-11,20-23,25,38H,5-7,12-19H2,1-4H3,(H2,39,41,42,43). The first kappa shape index (κ1) is 33.3. The molecule has 254 valence electrons. The normalized spacial score (nSPS) is 17.9. The molecule has 0 amide bonds. The molecule has 2 saturated heterocycles. The second-order valence-electron chi connectivity index (χ2n) is 13.6. The van der Waals surface area contributed by atoms with Crippen LogP contribution < -0.4 is 30.9 Å². The molecule has 1 saturated carbocycles. The summed E-state index contributed by atoms with van der Waals surface area (Å²) < 4.78 is 20.3. The van der Waals surface area contributed by atoms with Gasteiger partial charge in [-0.3, -0.25) is 9.88 Å². The van der Waals surface area contributed by atoms with Crippen LogP contribution in [0.4, 0.5) is 28.8 Å². The summed E-state index contributed by atoms with van der Waals surface area (Å²) in [5.41, 5.74) is 6.11. The molecule has 1 aliphatic carbocycles. The number of aryl methyl sites for hydroxylation is 1. The van der Waals surface area contributed by atoms with Gasteiger partial charge in [0.1, 0.15) is 18.7 Å². The van der Waals surface area contributed by atoms with Crippen molar-refractivity contribution in [1.82, 2.24) is 25.2 Å². The number of pyridine rings is 1. The van der Waals surface area contributed by atoms with Gasteiger partial charge in [0.25, 0.3) is 0 Å². The van der Waals surface area contributed by atoms with Crippen molar-refractivity contribution in [2.75, 3.05) is 75.2 Å². The number of halogens is 1. The fraction of sp³-hybridized carbons (Fsp3) is 0.472. The lowest BCUT2D eigenvalue weighted by Crippen LogP contribution is -2.52. The number of methoxy groups -OCH3 is 1. The number of nitrogens with one attached hydrogen (secondary N) is 3. The van der Waals surface area contributed by atoms with Crippen molar-refractivity contribution in [3.05, 3.63) is 58.3 Å². The Labute approximate surface area is 292 Å². The number of fused-ring (bicyclic) bond motifs is 1. The molecule has 2 aliphatic heterocycles. The van der Waals surface area contributed by atoms with E-state index in [9.17, 15) is 4.57 Å². The summed E-state index contributed by atoms with van der Waals surface area (Å²) in [6.07, 6.45) is 7.37. The highest BCUT2D eigenvalue weighted by Crippen LogP contribution is 2.48. The SMILES string of the molecule is CCc1ccc2c(P(C)(C)=O)c(Nc3nc(Nc4cc(C5CC5)c(N5CCC(N6CCNCC6)CC5)cc4OC)ncc3Br)ccc2n1. The van der Waals surface area contributed by atoms with E-state index in [0.717, 1.165) is 84.7 Å². The number of anilines is 5. The third-order valence-electron chi connectivity index (χ3n) is 9.88. The number of nitrogens with zero attached hydrogens (tertiary/aromatic N) is 5. The second-order valence-corrected chi connectivity index (χ2v) is 17.6. The third-order valence-corrected chi connectivity index (χ3v) is 12.0. The van der Waals surface area contributed by atoms with Crippen LogP contribution in [0, 0.1) is 0 Å². The number of hydrogen-bond donors (Lipinski definition) is 3. The van der Waals surface area contributed by atoms with Gasteiger partial charge in [0.05, 0.1) is 28.5 Å². The van der Waals surface area contributed by atoms with Crippen LogP contribution in [0.3, 0.4) is 0 Å². The van der Waals surface area contributed by atoms with Crippen molar-refractivity contribution >= 4 is 68.1 Å². The largest absolute Gasteiger partial charge is 0.494 e. The third kappa shape index (κ3) is 7.06. The van der Waals surface area contributed by atoms with E-state index >= 15 is 0 Å². The summed E-state index contributed by atoms with van der Waals surface area (Å²) >= 11 is 3.63. The van der Waals surface area contributed by atoms with E-state index in [0.29, 0.717) is 28.2 Å². The van der Waals surface area contributed by atoms with Crippen LogP contribution in [-0.2, 0) is 11.0 Å². The fourth-order valence-electron chi connectivity index (χ4n) is 7.24. The van der Waals surface area contributed by atoms with E-state index in [1.54, 1.807) is 26.6 Å². The lowest BCUT2D eigenvalue weighted by atomic mass is 9.99. The predicted octanol–water partition coefficient (Wildman–Crippen LogP) is 6.84. The molecule has 0 spiro atoms. The van der Waals surface area contributed by atoms with Gasteiger partial charge in [-0.05, 0) is 97.1 Å². The minimum absolute atomic E-state index is 0.443. The molecule has 10 nitrogen and oxygen atoms in total. The number of piperazine rings is 1. The van der Waals surface area contributed by atoms with E-state index in [1.165, 1.54) is 36.9 Å². The number of aromatic nitrogens is 3. The number of piperidine rings is 1. The Kier molecular flexibility index (Phi) is 9.66. The Bertz CT molecular complexity index is 1850. The molecule has 0 radical (unpaired) electrons. The summed E-state index contributed by atoms with van der Waals surface area (Å²) in [6, 6.07) is 13.1. The van der Waals surface area contributed by atoms with Crippen molar-refractivity contribution in [3.8, 4) is 5.75 Å². The molecule has 2 aromatic heterocycles. The lowest BCUT2D eigenvalue weighted by Gasteiger charge is -2.41. The van der Waals surface area contributed by atoms with Gasteiger partial charge in [0.15, 0.2) is 0 Å². The van der Waals surface area contributed by atoms with Crippen LogP contribution >= 0.6 is 23.1 Å². The average Bonchev–Trinajstić information content (AvgIpc) is 3.95. The monoisotopic (exact) mass is 732 g/mol. The first-order valence-corrected chi connectivity index (χ1v) is 20.6. The molecule has 3 N–H and O–H groups in total. The Morgan fingerprint density at radius 2 is 1.75 bits per heavy atom. The van der Waals surface area contributed by atoms with Gasteiger partial charge in [-0.15, -0.1) is 0 Å². The van der Waals surface area contributed by atoms with Crippen molar-refractivity contribution < 1.29 is 9.30 Å². The minimum Gasteiger partial charge on any atom is -0.494 e. The molecule has 3 fully saturated rings. The topological polar surface area (TPSA) is 108 Å². The zero-order valence-corrected chi connectivity index (χ0v) is 30.8. The maximum Gasteiger partial charge on any atom is 0.229 e. The van der Waals surface area contributed by atoms with Crippen LogP contribution in [-0.4, -0.2) is 85.6 Å². The lowest BCUT2D eigenvalue weighted by molar-refractivity contribution is 0.150. The van der Waals surface area contributed by atoms with E-state index in [4.69, 9.17) is 14.7 Å². The average molecular weight is 734 g/mol. The predicted molar refractivity (Wildman–Crippen MR) is 201 cm³/mol. The Morgan fingerprint density at radius 1 is 0.979 bits per heavy atom. The molecule has 3 aliphatic rings. The van der Waals surface area contributed by atoms with Crippen molar-refractivity contribution in [2.24, 2.45) is 0 Å². The van der Waals surface area contributed by atoms with E-state index in [-0.39, 0.29) is 0 Å². The first-order valence-electron chi connectivity index (χ1n) is 17.2. The summed E-state index contributed by atoms with van der Waals surface area (Å²) in [4.78, 5) is 19.5. The number of rotatable bonds is 10. The smallest absolute Gasteiger partial charge is 0.229 e. The maximum atomic E-state index is 13.6. The molecule has 4 heterocycles. The zero-order chi connectivity index (χ0) is 33.4. The zero-order valence-electron chi connectivity index (χ0n) is 28.4. The van der Waals surface area contributed by atoms with E-state index in [2.05, 4.69) is 65.7 Å². The van der Waals surface area contributed by atoms with Gasteiger partial charge < -0.3 is 30.2 Å². The van der Waals surface area contributed by atoms with Gasteiger partial charge in [-0.1, -0.05) is 13.0 Å². The Balaban J connectivity index is 1.15. The summed E-state index contributed by atoms with van der Waals surface area (Å²) in [6.45, 7) is 12.3. The van der Waals surface area contributed by atoms with E-state index < -0.39 is 7.14 Å². The fourth-order valence-corrected chi connectivity index (χ4v) is 9.01. The van der Waals surface area contributed by atoms with Crippen LogP contribution in [0.15, 0.2) is 47.1 Å². The second kappa shape index (κ2) is 13.9. The molecule has 7 rings (SSSR count). The van der Waals surface area contributed by atoms with Gasteiger partial charge in [0, 0.05) is 79.6 Å². The van der Waals surface area contributed by atoms with Crippen molar-refractivity contribution in [2.45, 2.75) is 51.0 Å². The van der Waals surface area contributed by atoms with Crippen LogP contribution in [0.2, 0.25) is 0 Å². The molecule has 48 heavy (non-hydrogen) atoms. The minimum atomic E-state index is -2.69. The molecule has 0 atom stereocenters. The molecular formula is C36H46BrN8O2P. The van der Waals surface area contributed by atoms with Gasteiger partial charge in [-0.25, -0.2) is 4.98 Å². The van der Waals surface area contributed by atoms with Gasteiger partial charge >= 0.3 is 0 Å². The summed E-state index contributed by atoms with van der Waals surface area (Å²) in [5.74, 6) is 2.35. The quantitative estimate of drug-likeness (QED) is 0.150. The molecule has 0 unspecified atom stereocenters. The van der Waals surface area contributed by atoms with Crippen LogP contribution in [0.5, 0.6) is 5.75 Å². The molecule has 4 aromatic rings. The maximum absolute atomic E-state index is 13.6. The summed E-state index contributed by atoms with van der Waals surface area (Å²) in [7, 11) is -0.971. The highest BCUT2D eigenvalue weighted by atomic mass is 79.9. The molecular weight excluding hydrogens is 687 g/mol. The highest BCUT2D eigenvalue weighted by Gasteiger charge is 2.32. The Hall–Kier alpha value is -3.24. The highest BCUT2D eigenvalue weighted by molar-refractivity contribution is 9.10.